The van der Waals surface area contributed by atoms with Crippen molar-refractivity contribution in [1.29, 1.82) is 0 Å². The first-order chi connectivity index (χ1) is 15.0. The Morgan fingerprint density at radius 2 is 1.77 bits per heavy atom. The van der Waals surface area contributed by atoms with Crippen LogP contribution < -0.4 is 25.0 Å². The third kappa shape index (κ3) is 5.13. The zero-order valence-corrected chi connectivity index (χ0v) is 18.5. The molecule has 31 heavy (non-hydrogen) atoms. The molecule has 3 rings (SSSR count). The maximum absolute atomic E-state index is 12.3. The monoisotopic (exact) mass is 441 g/mol. The molecule has 2 N–H and O–H groups in total. The second kappa shape index (κ2) is 9.94. The van der Waals surface area contributed by atoms with Gasteiger partial charge < -0.3 is 19.5 Å². The van der Waals surface area contributed by atoms with Crippen molar-refractivity contribution in [2.75, 3.05) is 27.9 Å². The molecule has 0 bridgehead atoms. The van der Waals surface area contributed by atoms with Gasteiger partial charge in [0.2, 0.25) is 0 Å². The lowest BCUT2D eigenvalue weighted by Gasteiger charge is -2.09. The van der Waals surface area contributed by atoms with Crippen LogP contribution in [0.25, 0.3) is 10.1 Å². The van der Waals surface area contributed by atoms with E-state index in [1.54, 1.807) is 36.6 Å². The fourth-order valence-corrected chi connectivity index (χ4v) is 3.89. The Morgan fingerprint density at radius 3 is 2.48 bits per heavy atom. The van der Waals surface area contributed by atoms with E-state index in [-0.39, 0.29) is 6.54 Å². The number of nitrogens with zero attached hydrogens (tertiary/aromatic N) is 1. The molecule has 0 aliphatic heterocycles. The topological polar surface area (TPSA) is 98.2 Å². The van der Waals surface area contributed by atoms with Crippen LogP contribution >= 0.6 is 11.3 Å². The van der Waals surface area contributed by atoms with E-state index in [0.717, 1.165) is 21.4 Å². The number of hydrogen-bond acceptors (Lipinski definition) is 7. The number of carbonyl (C=O) groups is 2. The van der Waals surface area contributed by atoms with Crippen LogP contribution in [0.4, 0.5) is 0 Å². The summed E-state index contributed by atoms with van der Waals surface area (Å²) in [6.07, 6.45) is 0. The third-order valence-corrected chi connectivity index (χ3v) is 5.54. The van der Waals surface area contributed by atoms with E-state index in [2.05, 4.69) is 15.8 Å². The van der Waals surface area contributed by atoms with Crippen LogP contribution in [-0.2, 0) is 4.79 Å². The molecule has 0 unspecified atom stereocenters. The van der Waals surface area contributed by atoms with Crippen LogP contribution in [0.3, 0.4) is 0 Å². The molecule has 0 fully saturated rings. The van der Waals surface area contributed by atoms with E-state index < -0.39 is 11.8 Å². The summed E-state index contributed by atoms with van der Waals surface area (Å²) in [6.45, 7) is 1.59. The van der Waals surface area contributed by atoms with Gasteiger partial charge in [-0.2, -0.15) is 5.10 Å². The number of rotatable bonds is 8. The fourth-order valence-electron chi connectivity index (χ4n) is 2.90. The third-order valence-electron chi connectivity index (χ3n) is 4.57. The van der Waals surface area contributed by atoms with Crippen molar-refractivity contribution in [3.8, 4) is 17.2 Å². The molecule has 0 saturated heterocycles. The fraction of sp³-hybridized carbons (Fsp3) is 0.227. The van der Waals surface area contributed by atoms with Gasteiger partial charge in [0, 0.05) is 26.6 Å². The average molecular weight is 442 g/mol. The van der Waals surface area contributed by atoms with Crippen molar-refractivity contribution in [3.05, 3.63) is 52.9 Å². The molecule has 3 aromatic rings. The molecular weight excluding hydrogens is 418 g/mol. The summed E-state index contributed by atoms with van der Waals surface area (Å²) in [4.78, 5) is 24.5. The number of hydrogen-bond donors (Lipinski definition) is 2. The van der Waals surface area contributed by atoms with Crippen molar-refractivity contribution >= 4 is 38.9 Å². The van der Waals surface area contributed by atoms with Gasteiger partial charge in [-0.1, -0.05) is 0 Å². The van der Waals surface area contributed by atoms with Gasteiger partial charge >= 0.3 is 0 Å². The zero-order chi connectivity index (χ0) is 22.4. The lowest BCUT2D eigenvalue weighted by Crippen LogP contribution is -2.35. The number of amides is 2. The van der Waals surface area contributed by atoms with E-state index in [1.165, 1.54) is 14.2 Å². The molecule has 0 aliphatic rings. The Bertz CT molecular complexity index is 1140. The molecule has 8 nitrogen and oxygen atoms in total. The summed E-state index contributed by atoms with van der Waals surface area (Å²) >= 11 is 1.59. The van der Waals surface area contributed by atoms with E-state index in [1.807, 2.05) is 30.5 Å². The van der Waals surface area contributed by atoms with Gasteiger partial charge in [0.25, 0.3) is 11.8 Å². The number of benzene rings is 2. The first-order valence-electron chi connectivity index (χ1n) is 9.35. The van der Waals surface area contributed by atoms with Gasteiger partial charge in [-0.3, -0.25) is 9.59 Å². The highest BCUT2D eigenvalue weighted by Crippen LogP contribution is 2.30. The highest BCUT2D eigenvalue weighted by molar-refractivity contribution is 7.17. The SMILES string of the molecule is COc1ccc2scc(/C(C)=N/NC(=O)CNC(=O)c3ccc(OC)c(OC)c3)c2c1. The van der Waals surface area contributed by atoms with E-state index in [0.29, 0.717) is 22.8 Å². The molecule has 1 heterocycles. The second-order valence-corrected chi connectivity index (χ2v) is 7.41. The largest absolute Gasteiger partial charge is 0.497 e. The van der Waals surface area contributed by atoms with Gasteiger partial charge in [0.05, 0.1) is 33.6 Å². The van der Waals surface area contributed by atoms with Crippen molar-refractivity contribution < 1.29 is 23.8 Å². The summed E-state index contributed by atoms with van der Waals surface area (Å²) in [5.41, 5.74) is 4.39. The predicted octanol–water partition coefficient (Wildman–Crippen LogP) is 3.20. The van der Waals surface area contributed by atoms with E-state index in [9.17, 15) is 9.59 Å². The van der Waals surface area contributed by atoms with E-state index >= 15 is 0 Å². The summed E-state index contributed by atoms with van der Waals surface area (Å²) < 4.78 is 16.7. The predicted molar refractivity (Wildman–Crippen MR) is 121 cm³/mol. The quantitative estimate of drug-likeness (QED) is 0.413. The first-order valence-corrected chi connectivity index (χ1v) is 10.2. The summed E-state index contributed by atoms with van der Waals surface area (Å²) in [5.74, 6) is 0.847. The molecule has 0 saturated carbocycles. The van der Waals surface area contributed by atoms with Crippen LogP contribution in [0, 0.1) is 0 Å². The molecule has 2 aromatic carbocycles. The van der Waals surface area contributed by atoms with Crippen LogP contribution in [0.15, 0.2) is 46.9 Å². The smallest absolute Gasteiger partial charge is 0.259 e. The second-order valence-electron chi connectivity index (χ2n) is 6.50. The Morgan fingerprint density at radius 1 is 1.00 bits per heavy atom. The van der Waals surface area contributed by atoms with Crippen molar-refractivity contribution in [1.82, 2.24) is 10.7 Å². The van der Waals surface area contributed by atoms with E-state index in [4.69, 9.17) is 14.2 Å². The van der Waals surface area contributed by atoms with Crippen molar-refractivity contribution in [2.24, 2.45) is 5.10 Å². The summed E-state index contributed by atoms with van der Waals surface area (Å²) in [6, 6.07) is 10.6. The maximum atomic E-state index is 12.3. The number of ether oxygens (including phenoxy) is 3. The number of hydrazone groups is 1. The zero-order valence-electron chi connectivity index (χ0n) is 17.6. The molecule has 0 radical (unpaired) electrons. The normalized spacial score (nSPS) is 11.2. The Hall–Kier alpha value is -3.59. The van der Waals surface area contributed by atoms with Crippen molar-refractivity contribution in [3.63, 3.8) is 0 Å². The van der Waals surface area contributed by atoms with Crippen LogP contribution in [-0.4, -0.2) is 45.4 Å². The lowest BCUT2D eigenvalue weighted by molar-refractivity contribution is -0.120. The molecule has 2 amide bonds. The summed E-state index contributed by atoms with van der Waals surface area (Å²) in [5, 5.41) is 9.71. The number of carbonyl (C=O) groups excluding carboxylic acids is 2. The average Bonchev–Trinajstić information content (AvgIpc) is 3.23. The van der Waals surface area contributed by atoms with Crippen LogP contribution in [0.2, 0.25) is 0 Å². The highest BCUT2D eigenvalue weighted by atomic mass is 32.1. The first kappa shape index (κ1) is 22.1. The Labute approximate surface area is 183 Å². The van der Waals surface area contributed by atoms with Gasteiger partial charge in [-0.25, -0.2) is 5.43 Å². The van der Waals surface area contributed by atoms with Crippen LogP contribution in [0.5, 0.6) is 17.2 Å². The minimum Gasteiger partial charge on any atom is -0.497 e. The lowest BCUT2D eigenvalue weighted by atomic mass is 10.1. The minimum atomic E-state index is -0.440. The van der Waals surface area contributed by atoms with Gasteiger partial charge in [-0.15, -0.1) is 11.3 Å². The molecule has 162 valence electrons. The molecular formula is C22H23N3O5S. The van der Waals surface area contributed by atoms with Crippen LogP contribution in [0.1, 0.15) is 22.8 Å². The minimum absolute atomic E-state index is 0.220. The van der Waals surface area contributed by atoms with Gasteiger partial charge in [0.1, 0.15) is 5.75 Å². The molecule has 0 atom stereocenters. The molecule has 1 aromatic heterocycles. The van der Waals surface area contributed by atoms with Gasteiger partial charge in [0.15, 0.2) is 11.5 Å². The maximum Gasteiger partial charge on any atom is 0.259 e. The Balaban J connectivity index is 1.61. The standard InChI is InChI=1S/C22H23N3O5S/c1-13(17-12-31-20-8-6-15(28-2)10-16(17)20)24-25-21(26)11-23-22(27)14-5-7-18(29-3)19(9-14)30-4/h5-10,12H,11H2,1-4H3,(H,23,27)(H,25,26)/b24-13+. The number of nitrogens with one attached hydrogen (secondary N) is 2. The highest BCUT2D eigenvalue weighted by Gasteiger charge is 2.12. The Kier molecular flexibility index (Phi) is 7.09. The molecule has 0 spiro atoms. The number of fused-ring (bicyclic) bond motifs is 1. The molecule has 9 heteroatoms. The summed E-state index contributed by atoms with van der Waals surface area (Å²) in [7, 11) is 4.62. The number of methoxy groups -OCH3 is 3. The number of thiophene rings is 1. The van der Waals surface area contributed by atoms with Crippen molar-refractivity contribution in [2.45, 2.75) is 6.92 Å². The molecule has 0 aliphatic carbocycles. The van der Waals surface area contributed by atoms with Gasteiger partial charge in [-0.05, 0) is 43.3 Å².